The summed E-state index contributed by atoms with van der Waals surface area (Å²) in [6.07, 6.45) is 1.47. The number of aromatic nitrogens is 1. The molecule has 2 amide bonds. The molecular formula is C22H25N5O7S4. The molecule has 2 atom stereocenters. The van der Waals surface area contributed by atoms with E-state index in [2.05, 4.69) is 22.0 Å². The Morgan fingerprint density at radius 3 is 2.71 bits per heavy atom. The number of ether oxygens (including phenoxy) is 2. The third-order valence-corrected chi connectivity index (χ3v) is 10.8. The van der Waals surface area contributed by atoms with Crippen molar-refractivity contribution >= 4 is 81.2 Å². The molecule has 1 aromatic rings. The fraction of sp³-hybridized carbons (Fsp3) is 0.455. The lowest BCUT2D eigenvalue weighted by Crippen LogP contribution is -2.71. The summed E-state index contributed by atoms with van der Waals surface area (Å²) in [5.74, 6) is -0.493. The summed E-state index contributed by atoms with van der Waals surface area (Å²) in [6.45, 7) is 6.83. The first-order valence-corrected chi connectivity index (χ1v) is 15.2. The lowest BCUT2D eigenvalue weighted by atomic mass is 10.0. The van der Waals surface area contributed by atoms with Crippen LogP contribution in [0.5, 0.6) is 0 Å². The summed E-state index contributed by atoms with van der Waals surface area (Å²) < 4.78 is 9.63. The molecular weight excluding hydrogens is 575 g/mol. The number of nitrogens with zero attached hydrogens (tertiary/aromatic N) is 3. The highest BCUT2D eigenvalue weighted by Gasteiger charge is 2.54. The molecule has 2 fully saturated rings. The highest BCUT2D eigenvalue weighted by atomic mass is 32.2. The minimum absolute atomic E-state index is 0.00149. The van der Waals surface area contributed by atoms with Gasteiger partial charge in [-0.1, -0.05) is 17.8 Å². The highest BCUT2D eigenvalue weighted by Crippen LogP contribution is 2.44. The van der Waals surface area contributed by atoms with E-state index in [9.17, 15) is 19.2 Å². The predicted octanol–water partition coefficient (Wildman–Crippen LogP) is 1.55. The molecule has 0 aliphatic carbocycles. The first-order valence-electron chi connectivity index (χ1n) is 11.3. The molecule has 4 rings (SSSR count). The van der Waals surface area contributed by atoms with E-state index in [1.54, 1.807) is 19.2 Å². The minimum atomic E-state index is -0.932. The van der Waals surface area contributed by atoms with Gasteiger partial charge in [0, 0.05) is 22.6 Å². The molecule has 3 aliphatic heterocycles. The second-order valence-electron chi connectivity index (χ2n) is 7.99. The number of rotatable bonds is 10. The van der Waals surface area contributed by atoms with Crippen molar-refractivity contribution in [3.05, 3.63) is 35.0 Å². The Labute approximate surface area is 235 Å². The molecule has 3 N–H and O–H groups in total. The fourth-order valence-corrected chi connectivity index (χ4v) is 8.22. The summed E-state index contributed by atoms with van der Waals surface area (Å²) in [6, 6.07) is -0.932. The molecule has 3 aliphatic rings. The van der Waals surface area contributed by atoms with Gasteiger partial charge in [-0.2, -0.15) is 0 Å². The molecule has 0 saturated carbocycles. The number of thioether (sulfide) groups is 3. The number of hydrogen-bond donors (Lipinski definition) is 2. The molecule has 38 heavy (non-hydrogen) atoms. The van der Waals surface area contributed by atoms with E-state index in [-0.39, 0.29) is 28.8 Å². The van der Waals surface area contributed by atoms with Gasteiger partial charge in [-0.25, -0.2) is 14.6 Å². The van der Waals surface area contributed by atoms with Crippen LogP contribution in [0.3, 0.4) is 0 Å². The lowest BCUT2D eigenvalue weighted by Gasteiger charge is -2.49. The number of nitrogens with one attached hydrogen (secondary N) is 1. The van der Waals surface area contributed by atoms with E-state index in [4.69, 9.17) is 20.0 Å². The third kappa shape index (κ3) is 5.67. The highest BCUT2D eigenvalue weighted by molar-refractivity contribution is 8.22. The Bertz CT molecular complexity index is 1210. The smallest absolute Gasteiger partial charge is 0.358 e. The van der Waals surface area contributed by atoms with Crippen molar-refractivity contribution in [3.63, 3.8) is 0 Å². The Kier molecular flexibility index (Phi) is 8.95. The maximum atomic E-state index is 13.1. The van der Waals surface area contributed by atoms with Crippen LogP contribution in [0.15, 0.2) is 34.5 Å². The SMILES string of the molecule is C=CC1=C(C(=O)OCOC(=O)C2(C)SCCS2)N2C(=O)C(NC(=O)C(=NOCC)c3csc(N)n3)[C@H]2SC1. The van der Waals surface area contributed by atoms with Crippen LogP contribution in [0.25, 0.3) is 0 Å². The quantitative estimate of drug-likeness (QED) is 0.131. The first kappa shape index (κ1) is 28.3. The second kappa shape index (κ2) is 12.0. The number of carbonyl (C=O) groups is 4. The minimum Gasteiger partial charge on any atom is -0.426 e. The largest absolute Gasteiger partial charge is 0.426 e. The first-order chi connectivity index (χ1) is 18.2. The van der Waals surface area contributed by atoms with E-state index < -0.39 is 46.0 Å². The summed E-state index contributed by atoms with van der Waals surface area (Å²) in [7, 11) is 0. The van der Waals surface area contributed by atoms with Gasteiger partial charge in [-0.3, -0.25) is 14.5 Å². The van der Waals surface area contributed by atoms with Crippen LogP contribution in [0.2, 0.25) is 0 Å². The van der Waals surface area contributed by atoms with Gasteiger partial charge < -0.3 is 25.4 Å². The van der Waals surface area contributed by atoms with Gasteiger partial charge in [0.15, 0.2) is 14.9 Å². The van der Waals surface area contributed by atoms with E-state index >= 15 is 0 Å². The number of fused-ring (bicyclic) bond motifs is 1. The van der Waals surface area contributed by atoms with Crippen LogP contribution >= 0.6 is 46.6 Å². The van der Waals surface area contributed by atoms with Crippen LogP contribution in [0, 0.1) is 0 Å². The van der Waals surface area contributed by atoms with Gasteiger partial charge in [0.1, 0.15) is 29.4 Å². The Morgan fingerprint density at radius 1 is 1.34 bits per heavy atom. The fourth-order valence-electron chi connectivity index (χ4n) is 3.70. The van der Waals surface area contributed by atoms with E-state index in [0.717, 1.165) is 22.8 Å². The zero-order valence-electron chi connectivity index (χ0n) is 20.5. The Balaban J connectivity index is 1.42. The molecule has 12 nitrogen and oxygen atoms in total. The molecule has 1 aromatic heterocycles. The Hall–Kier alpha value is -2.69. The molecule has 0 radical (unpaired) electrons. The number of nitrogen functional groups attached to an aromatic ring is 1. The zero-order valence-corrected chi connectivity index (χ0v) is 23.7. The van der Waals surface area contributed by atoms with Gasteiger partial charge in [0.2, 0.25) is 6.79 Å². The monoisotopic (exact) mass is 599 g/mol. The van der Waals surface area contributed by atoms with Gasteiger partial charge in [0.05, 0.1) is 0 Å². The van der Waals surface area contributed by atoms with Crippen molar-refractivity contribution in [1.82, 2.24) is 15.2 Å². The van der Waals surface area contributed by atoms with Gasteiger partial charge in [-0.15, -0.1) is 46.6 Å². The molecule has 0 spiro atoms. The molecule has 0 aromatic carbocycles. The molecule has 2 saturated heterocycles. The van der Waals surface area contributed by atoms with Crippen LogP contribution in [-0.2, 0) is 33.5 Å². The van der Waals surface area contributed by atoms with Gasteiger partial charge in [-0.05, 0) is 19.4 Å². The van der Waals surface area contributed by atoms with E-state index in [1.165, 1.54) is 46.3 Å². The summed E-state index contributed by atoms with van der Waals surface area (Å²) in [5, 5.41) is 7.73. The van der Waals surface area contributed by atoms with Crippen LogP contribution in [0.1, 0.15) is 19.5 Å². The maximum absolute atomic E-state index is 13.1. The second-order valence-corrected chi connectivity index (χ2v) is 13.3. The average molecular weight is 600 g/mol. The number of thiazole rings is 1. The number of β-lactam (4-membered cyclic amide) rings is 1. The summed E-state index contributed by atoms with van der Waals surface area (Å²) >= 11 is 5.43. The van der Waals surface area contributed by atoms with Gasteiger partial charge >= 0.3 is 11.9 Å². The third-order valence-electron chi connectivity index (χ3n) is 5.58. The van der Waals surface area contributed by atoms with Gasteiger partial charge in [0.25, 0.3) is 11.8 Å². The van der Waals surface area contributed by atoms with Crippen molar-refractivity contribution in [2.45, 2.75) is 29.3 Å². The molecule has 16 heteroatoms. The lowest BCUT2D eigenvalue weighted by molar-refractivity contribution is -0.168. The number of oxime groups is 1. The van der Waals surface area contributed by atoms with Crippen molar-refractivity contribution in [1.29, 1.82) is 0 Å². The molecule has 0 bridgehead atoms. The number of carbonyl (C=O) groups excluding carboxylic acids is 4. The normalized spacial score (nSPS) is 22.3. The molecule has 1 unspecified atom stereocenters. The van der Waals surface area contributed by atoms with E-state index in [1.807, 2.05) is 0 Å². The maximum Gasteiger partial charge on any atom is 0.358 e. The number of esters is 2. The van der Waals surface area contributed by atoms with Crippen molar-refractivity contribution < 1.29 is 33.5 Å². The zero-order chi connectivity index (χ0) is 27.4. The molecule has 204 valence electrons. The number of amides is 2. The van der Waals surface area contributed by atoms with Crippen LogP contribution in [-0.4, -0.2) is 85.5 Å². The van der Waals surface area contributed by atoms with Crippen LogP contribution in [0.4, 0.5) is 5.13 Å². The number of anilines is 1. The summed E-state index contributed by atoms with van der Waals surface area (Å²) in [5.41, 5.74) is 6.27. The van der Waals surface area contributed by atoms with Crippen molar-refractivity contribution in [2.24, 2.45) is 5.16 Å². The van der Waals surface area contributed by atoms with Crippen LogP contribution < -0.4 is 11.1 Å². The molecule has 4 heterocycles. The van der Waals surface area contributed by atoms with Crippen molar-refractivity contribution in [2.75, 3.05) is 36.4 Å². The Morgan fingerprint density at radius 2 is 2.08 bits per heavy atom. The van der Waals surface area contributed by atoms with Crippen molar-refractivity contribution in [3.8, 4) is 0 Å². The standard InChI is InChI=1S/C22H25N5O7S4/c1-4-11-8-35-18-14(25-16(28)13(26-34-5-2)12-9-36-21(23)24-12)17(29)27(18)15(11)19(30)32-10-33-20(31)22(3)37-6-7-38-22/h4,9,14,18H,1,5-8,10H2,2-3H3,(H2,23,24)(H,25,28)/t14?,18-/m1/s1. The number of hydrogen-bond acceptors (Lipinski definition) is 14. The predicted molar refractivity (Wildman–Crippen MR) is 147 cm³/mol. The van der Waals surface area contributed by atoms with E-state index in [0.29, 0.717) is 11.3 Å². The summed E-state index contributed by atoms with van der Waals surface area (Å²) in [4.78, 5) is 61.8. The topological polar surface area (TPSA) is 163 Å². The average Bonchev–Trinajstić information content (AvgIpc) is 3.55. The number of nitrogens with two attached hydrogens (primary N) is 1. The number of allylic oxidation sites excluding steroid dienone is 1.